The molecule has 20 heavy (non-hydrogen) atoms. The second-order valence-electron chi connectivity index (χ2n) is 5.41. The van der Waals surface area contributed by atoms with Crippen LogP contribution in [0.4, 0.5) is 0 Å². The molecule has 0 aromatic carbocycles. The summed E-state index contributed by atoms with van der Waals surface area (Å²) in [7, 11) is 0. The Balaban J connectivity index is 1.97. The van der Waals surface area contributed by atoms with Crippen molar-refractivity contribution < 1.29 is 19.3 Å². The van der Waals surface area contributed by atoms with Gasteiger partial charge in [-0.2, -0.15) is 11.8 Å². The van der Waals surface area contributed by atoms with Crippen LogP contribution in [-0.4, -0.2) is 11.9 Å². The monoisotopic (exact) mass is 280 g/mol. The van der Waals surface area contributed by atoms with Crippen molar-refractivity contribution in [3.63, 3.8) is 0 Å². The lowest BCUT2D eigenvalue weighted by molar-refractivity contribution is -0.146. The van der Waals surface area contributed by atoms with E-state index in [1.165, 1.54) is 11.1 Å². The molecule has 2 aliphatic carbocycles. The Morgan fingerprint density at radius 3 is 2.55 bits per heavy atom. The first kappa shape index (κ1) is 14.7. The number of hydrogen-bond acceptors (Lipinski definition) is 6. The Morgan fingerprint density at radius 2 is 1.85 bits per heavy atom. The van der Waals surface area contributed by atoms with Gasteiger partial charge in [0.05, 0.1) is 12.8 Å². The number of carbonyl (C=O) groups is 2. The smallest absolute Gasteiger partial charge is 0.325 e. The van der Waals surface area contributed by atoms with Crippen LogP contribution in [0, 0.1) is 11.8 Å². The lowest BCUT2D eigenvalue weighted by Crippen LogP contribution is -2.21. The average molecular weight is 280 g/mol. The molecule has 0 aromatic heterocycles. The molecule has 1 saturated carbocycles. The van der Waals surface area contributed by atoms with Gasteiger partial charge in [0.2, 0.25) is 0 Å². The topological polar surface area (TPSA) is 105 Å². The largest absolute Gasteiger partial charge is 0.373 e. The molecule has 0 saturated heterocycles. The van der Waals surface area contributed by atoms with Crippen LogP contribution >= 0.6 is 0 Å². The number of rotatable bonds is 4. The summed E-state index contributed by atoms with van der Waals surface area (Å²) < 4.78 is 0. The number of nitrogens with two attached hydrogens (primary N) is 2. The maximum absolute atomic E-state index is 11.2. The highest BCUT2D eigenvalue weighted by molar-refractivity contribution is 5.70. The van der Waals surface area contributed by atoms with E-state index in [0.717, 1.165) is 25.7 Å². The zero-order valence-corrected chi connectivity index (χ0v) is 11.3. The van der Waals surface area contributed by atoms with Gasteiger partial charge in [-0.25, -0.2) is 0 Å². The Kier molecular flexibility index (Phi) is 4.92. The van der Waals surface area contributed by atoms with Crippen LogP contribution in [-0.2, 0) is 19.3 Å². The van der Waals surface area contributed by atoms with Crippen LogP contribution in [0.2, 0.25) is 0 Å². The molecule has 6 heteroatoms. The highest BCUT2D eigenvalue weighted by Gasteiger charge is 2.26. The first-order valence-electron chi connectivity index (χ1n) is 6.81. The lowest BCUT2D eigenvalue weighted by Gasteiger charge is -2.30. The Labute approximate surface area is 117 Å². The molecule has 0 radical (unpaired) electrons. The molecule has 0 amide bonds. The molecule has 0 aliphatic heterocycles. The molecule has 2 aliphatic rings. The predicted molar refractivity (Wildman–Crippen MR) is 71.4 cm³/mol. The van der Waals surface area contributed by atoms with Gasteiger partial charge in [-0.1, -0.05) is 12.2 Å². The molecule has 2 rings (SSSR count). The minimum Gasteiger partial charge on any atom is -0.373 e. The van der Waals surface area contributed by atoms with E-state index < -0.39 is 5.97 Å². The van der Waals surface area contributed by atoms with Gasteiger partial charge >= 0.3 is 11.9 Å². The summed E-state index contributed by atoms with van der Waals surface area (Å²) in [6.45, 7) is 0. The van der Waals surface area contributed by atoms with Gasteiger partial charge in [0.15, 0.2) is 0 Å². The maximum atomic E-state index is 11.2. The van der Waals surface area contributed by atoms with Gasteiger partial charge < -0.3 is 9.68 Å². The number of allylic oxidation sites excluding steroid dienone is 4. The van der Waals surface area contributed by atoms with Gasteiger partial charge in [-0.3, -0.25) is 9.59 Å². The summed E-state index contributed by atoms with van der Waals surface area (Å²) in [5, 5.41) is 0. The second-order valence-corrected chi connectivity index (χ2v) is 5.41. The Morgan fingerprint density at radius 1 is 1.15 bits per heavy atom. The van der Waals surface area contributed by atoms with E-state index in [-0.39, 0.29) is 17.8 Å². The zero-order valence-electron chi connectivity index (χ0n) is 11.3. The highest BCUT2D eigenvalue weighted by Crippen LogP contribution is 2.39. The zero-order chi connectivity index (χ0) is 14.5. The van der Waals surface area contributed by atoms with E-state index in [1.807, 2.05) is 0 Å². The van der Waals surface area contributed by atoms with Crippen LogP contribution in [0.1, 0.15) is 38.5 Å². The van der Waals surface area contributed by atoms with Crippen molar-refractivity contribution in [1.29, 1.82) is 0 Å². The van der Waals surface area contributed by atoms with Crippen molar-refractivity contribution in [2.24, 2.45) is 23.6 Å². The summed E-state index contributed by atoms with van der Waals surface area (Å²) in [6.07, 6.45) is 8.53. The van der Waals surface area contributed by atoms with Gasteiger partial charge in [0, 0.05) is 0 Å². The molecular formula is C14H20N2O4. The molecular weight excluding hydrogens is 260 g/mol. The van der Waals surface area contributed by atoms with Gasteiger partial charge in [-0.15, -0.1) is 0 Å². The van der Waals surface area contributed by atoms with E-state index in [9.17, 15) is 9.59 Å². The number of hydrogen-bond donors (Lipinski definition) is 2. The third kappa shape index (κ3) is 3.68. The first-order chi connectivity index (χ1) is 9.62. The summed E-state index contributed by atoms with van der Waals surface area (Å²) in [4.78, 5) is 30.9. The summed E-state index contributed by atoms with van der Waals surface area (Å²) in [5.74, 6) is 9.35. The van der Waals surface area contributed by atoms with E-state index in [2.05, 4.69) is 21.8 Å². The highest BCUT2D eigenvalue weighted by atomic mass is 16.7. The van der Waals surface area contributed by atoms with Crippen LogP contribution in [0.25, 0.3) is 0 Å². The summed E-state index contributed by atoms with van der Waals surface area (Å²) in [5.41, 5.74) is 2.56. The fourth-order valence-corrected chi connectivity index (χ4v) is 2.98. The van der Waals surface area contributed by atoms with Crippen molar-refractivity contribution in [3.8, 4) is 0 Å². The molecule has 6 nitrogen and oxygen atoms in total. The predicted octanol–water partition coefficient (Wildman–Crippen LogP) is 1.27. The second kappa shape index (κ2) is 6.67. The molecule has 0 spiro atoms. The van der Waals surface area contributed by atoms with E-state index in [4.69, 9.17) is 11.8 Å². The summed E-state index contributed by atoms with van der Waals surface area (Å²) >= 11 is 0. The molecule has 0 aromatic rings. The quantitative estimate of drug-likeness (QED) is 0.751. The van der Waals surface area contributed by atoms with Gasteiger partial charge in [0.25, 0.3) is 0 Å². The van der Waals surface area contributed by atoms with Crippen LogP contribution < -0.4 is 11.8 Å². The maximum Gasteiger partial charge on any atom is 0.325 e. The standard InChI is InChI=1S/C14H20N2O4/c15-19-13(17)7-9-1-3-11-4-2-10(6-12(11)5-9)8-14(18)20-16/h3,5,9-10H,1-2,4,6-8,15-16H2. The van der Waals surface area contributed by atoms with Crippen molar-refractivity contribution in [3.05, 3.63) is 23.3 Å². The van der Waals surface area contributed by atoms with Crippen molar-refractivity contribution >= 4 is 11.9 Å². The van der Waals surface area contributed by atoms with E-state index in [0.29, 0.717) is 12.8 Å². The van der Waals surface area contributed by atoms with Crippen molar-refractivity contribution in [2.45, 2.75) is 38.5 Å². The van der Waals surface area contributed by atoms with Gasteiger partial charge in [0.1, 0.15) is 0 Å². The fraction of sp³-hybridized carbons (Fsp3) is 0.571. The minimum atomic E-state index is -0.400. The molecule has 4 N–H and O–H groups in total. The Hall–Kier alpha value is -1.66. The Bertz CT molecular complexity index is 456. The van der Waals surface area contributed by atoms with Crippen LogP contribution in [0.5, 0.6) is 0 Å². The molecule has 0 heterocycles. The SMILES string of the molecule is NOC(=O)CC1C=C2CC(CC(=O)ON)CCC2=CC1. The number of carbonyl (C=O) groups excluding carboxylic acids is 2. The first-order valence-corrected chi connectivity index (χ1v) is 6.81. The molecule has 0 bridgehead atoms. The van der Waals surface area contributed by atoms with Crippen LogP contribution in [0.3, 0.4) is 0 Å². The normalized spacial score (nSPS) is 25.1. The third-order valence-electron chi connectivity index (χ3n) is 3.99. The molecule has 2 atom stereocenters. The molecule has 110 valence electrons. The average Bonchev–Trinajstić information content (AvgIpc) is 2.46. The third-order valence-corrected chi connectivity index (χ3v) is 3.99. The van der Waals surface area contributed by atoms with Crippen LogP contribution in [0.15, 0.2) is 23.3 Å². The number of fused-ring (bicyclic) bond motifs is 1. The van der Waals surface area contributed by atoms with E-state index >= 15 is 0 Å². The van der Waals surface area contributed by atoms with Crippen molar-refractivity contribution in [2.75, 3.05) is 0 Å². The molecule has 1 fully saturated rings. The van der Waals surface area contributed by atoms with E-state index in [1.54, 1.807) is 0 Å². The minimum absolute atomic E-state index is 0.130. The lowest BCUT2D eigenvalue weighted by atomic mass is 9.76. The van der Waals surface area contributed by atoms with Crippen molar-refractivity contribution in [1.82, 2.24) is 0 Å². The molecule has 2 unspecified atom stereocenters. The fourth-order valence-electron chi connectivity index (χ4n) is 2.98. The van der Waals surface area contributed by atoms with Gasteiger partial charge in [-0.05, 0) is 48.7 Å². The summed E-state index contributed by atoms with van der Waals surface area (Å²) in [6, 6.07) is 0.